The molecule has 0 bridgehead atoms. The molecule has 2 heterocycles. The van der Waals surface area contributed by atoms with Crippen LogP contribution in [-0.2, 0) is 17.3 Å². The van der Waals surface area contributed by atoms with Crippen LogP contribution < -0.4 is 5.32 Å². The predicted molar refractivity (Wildman–Crippen MR) is 86.8 cm³/mol. The lowest BCUT2D eigenvalue weighted by Crippen LogP contribution is -2.33. The molecule has 2 atom stereocenters. The Balaban J connectivity index is 1.92. The molecule has 124 valence electrons. The molecule has 0 radical (unpaired) electrons. The van der Waals surface area contributed by atoms with Gasteiger partial charge in [0, 0.05) is 25.1 Å². The van der Waals surface area contributed by atoms with Crippen LogP contribution in [0.1, 0.15) is 39.8 Å². The number of aliphatic hydroxyl groups is 1. The Morgan fingerprint density at radius 3 is 2.73 bits per heavy atom. The molecule has 1 aliphatic heterocycles. The van der Waals surface area contributed by atoms with Crippen LogP contribution in [0.15, 0.2) is 6.07 Å². The maximum Gasteiger partial charge on any atom is 0.239 e. The number of rotatable bonds is 4. The van der Waals surface area contributed by atoms with E-state index in [1.807, 2.05) is 20.0 Å². The largest absolute Gasteiger partial charge is 0.393 e. The first-order valence-corrected chi connectivity index (χ1v) is 7.91. The van der Waals surface area contributed by atoms with E-state index in [9.17, 15) is 9.90 Å². The number of anilines is 1. The number of carbonyl (C=O) groups is 1. The zero-order valence-electron chi connectivity index (χ0n) is 14.3. The first-order chi connectivity index (χ1) is 10.2. The number of aryl methyl sites for hydroxylation is 1. The van der Waals surface area contributed by atoms with Gasteiger partial charge in [-0.05, 0) is 25.8 Å². The lowest BCUT2D eigenvalue weighted by Gasteiger charge is -2.16. The van der Waals surface area contributed by atoms with Crippen molar-refractivity contribution in [3.8, 4) is 0 Å². The van der Waals surface area contributed by atoms with Crippen molar-refractivity contribution in [3.05, 3.63) is 11.8 Å². The number of amides is 1. The Morgan fingerprint density at radius 2 is 2.23 bits per heavy atom. The lowest BCUT2D eigenvalue weighted by molar-refractivity contribution is -0.117. The van der Waals surface area contributed by atoms with Gasteiger partial charge in [-0.25, -0.2) is 0 Å². The lowest BCUT2D eigenvalue weighted by atomic mass is 9.92. The van der Waals surface area contributed by atoms with Gasteiger partial charge < -0.3 is 10.4 Å². The SMILES string of the molecule is CC(O)C1CCN(CC(=O)Nc2cc(C(C)(C)C)nn2C)C1. The second-order valence-corrected chi connectivity index (χ2v) is 7.36. The molecule has 0 aromatic carbocycles. The molecular weight excluding hydrogens is 280 g/mol. The van der Waals surface area contributed by atoms with E-state index in [0.717, 1.165) is 31.0 Å². The monoisotopic (exact) mass is 308 g/mol. The molecule has 1 aromatic rings. The van der Waals surface area contributed by atoms with E-state index < -0.39 is 0 Å². The molecule has 2 rings (SSSR count). The second-order valence-electron chi connectivity index (χ2n) is 7.36. The van der Waals surface area contributed by atoms with Gasteiger partial charge in [-0.3, -0.25) is 14.4 Å². The first kappa shape index (κ1) is 17.0. The fraction of sp³-hybridized carbons (Fsp3) is 0.750. The topological polar surface area (TPSA) is 70.4 Å². The predicted octanol–water partition coefficient (Wildman–Crippen LogP) is 1.36. The van der Waals surface area contributed by atoms with Crippen LogP contribution in [0.4, 0.5) is 5.82 Å². The van der Waals surface area contributed by atoms with Crippen LogP contribution in [0.25, 0.3) is 0 Å². The summed E-state index contributed by atoms with van der Waals surface area (Å²) < 4.78 is 1.71. The molecule has 1 aromatic heterocycles. The van der Waals surface area contributed by atoms with Crippen molar-refractivity contribution in [1.29, 1.82) is 0 Å². The van der Waals surface area contributed by atoms with Crippen molar-refractivity contribution in [3.63, 3.8) is 0 Å². The standard InChI is InChI=1S/C16H28N4O2/c1-11(21)12-6-7-20(9-12)10-15(22)17-14-8-13(16(2,3)4)18-19(14)5/h8,11-12,21H,6-7,9-10H2,1-5H3,(H,17,22). The Hall–Kier alpha value is -1.40. The highest BCUT2D eigenvalue weighted by Crippen LogP contribution is 2.23. The average Bonchev–Trinajstić information content (AvgIpc) is 2.97. The minimum atomic E-state index is -0.306. The zero-order valence-corrected chi connectivity index (χ0v) is 14.3. The highest BCUT2D eigenvalue weighted by Gasteiger charge is 2.27. The summed E-state index contributed by atoms with van der Waals surface area (Å²) >= 11 is 0. The Kier molecular flexibility index (Phi) is 4.92. The fourth-order valence-electron chi connectivity index (χ4n) is 2.74. The van der Waals surface area contributed by atoms with Crippen LogP contribution in [0.3, 0.4) is 0 Å². The van der Waals surface area contributed by atoms with Crippen molar-refractivity contribution in [1.82, 2.24) is 14.7 Å². The molecule has 1 aliphatic rings. The van der Waals surface area contributed by atoms with Gasteiger partial charge in [0.2, 0.25) is 5.91 Å². The van der Waals surface area contributed by atoms with Crippen LogP contribution in [0, 0.1) is 5.92 Å². The second kappa shape index (κ2) is 6.38. The fourth-order valence-corrected chi connectivity index (χ4v) is 2.74. The van der Waals surface area contributed by atoms with Gasteiger partial charge in [0.25, 0.3) is 0 Å². The van der Waals surface area contributed by atoms with Crippen molar-refractivity contribution in [2.75, 3.05) is 25.0 Å². The summed E-state index contributed by atoms with van der Waals surface area (Å²) in [5, 5.41) is 17.0. The van der Waals surface area contributed by atoms with E-state index in [2.05, 4.69) is 36.1 Å². The summed E-state index contributed by atoms with van der Waals surface area (Å²) in [6.07, 6.45) is 0.643. The molecule has 6 heteroatoms. The summed E-state index contributed by atoms with van der Waals surface area (Å²) in [4.78, 5) is 14.3. The normalized spacial score (nSPS) is 21.1. The Bertz CT molecular complexity index is 531. The molecule has 22 heavy (non-hydrogen) atoms. The summed E-state index contributed by atoms with van der Waals surface area (Å²) in [6.45, 7) is 10.1. The van der Waals surface area contributed by atoms with Crippen molar-refractivity contribution in [2.45, 2.75) is 45.6 Å². The minimum Gasteiger partial charge on any atom is -0.393 e. The summed E-state index contributed by atoms with van der Waals surface area (Å²) in [6, 6.07) is 1.93. The van der Waals surface area contributed by atoms with Crippen LogP contribution in [0.2, 0.25) is 0 Å². The van der Waals surface area contributed by atoms with E-state index >= 15 is 0 Å². The number of likely N-dealkylation sites (tertiary alicyclic amines) is 1. The quantitative estimate of drug-likeness (QED) is 0.881. The Labute approximate surface area is 132 Å². The number of hydrogen-bond acceptors (Lipinski definition) is 4. The summed E-state index contributed by atoms with van der Waals surface area (Å²) in [5.74, 6) is 0.966. The Morgan fingerprint density at radius 1 is 1.55 bits per heavy atom. The molecule has 0 spiro atoms. The van der Waals surface area contributed by atoms with Crippen LogP contribution >= 0.6 is 0 Å². The van der Waals surface area contributed by atoms with Crippen LogP contribution in [0.5, 0.6) is 0 Å². The van der Waals surface area contributed by atoms with Gasteiger partial charge >= 0.3 is 0 Å². The smallest absolute Gasteiger partial charge is 0.239 e. The maximum atomic E-state index is 12.2. The zero-order chi connectivity index (χ0) is 16.5. The highest BCUT2D eigenvalue weighted by atomic mass is 16.3. The van der Waals surface area contributed by atoms with Crippen molar-refractivity contribution >= 4 is 11.7 Å². The highest BCUT2D eigenvalue weighted by molar-refractivity contribution is 5.91. The van der Waals surface area contributed by atoms with Gasteiger partial charge in [-0.2, -0.15) is 5.10 Å². The average molecular weight is 308 g/mol. The minimum absolute atomic E-state index is 0.0327. The van der Waals surface area contributed by atoms with E-state index in [0.29, 0.717) is 6.54 Å². The maximum absolute atomic E-state index is 12.2. The third kappa shape index (κ3) is 4.08. The number of hydrogen-bond donors (Lipinski definition) is 2. The number of carbonyl (C=O) groups excluding carboxylic acids is 1. The van der Waals surface area contributed by atoms with E-state index in [1.54, 1.807) is 4.68 Å². The number of aromatic nitrogens is 2. The molecule has 0 saturated carbocycles. The van der Waals surface area contributed by atoms with Crippen molar-refractivity contribution in [2.24, 2.45) is 13.0 Å². The van der Waals surface area contributed by atoms with E-state index in [1.165, 1.54) is 0 Å². The van der Waals surface area contributed by atoms with E-state index in [4.69, 9.17) is 0 Å². The molecular formula is C16H28N4O2. The molecule has 2 N–H and O–H groups in total. The van der Waals surface area contributed by atoms with Gasteiger partial charge in [0.15, 0.2) is 0 Å². The molecule has 1 saturated heterocycles. The molecule has 6 nitrogen and oxygen atoms in total. The number of aliphatic hydroxyl groups excluding tert-OH is 1. The molecule has 1 fully saturated rings. The first-order valence-electron chi connectivity index (χ1n) is 7.91. The summed E-state index contributed by atoms with van der Waals surface area (Å²) in [5.41, 5.74) is 0.917. The number of nitrogens with one attached hydrogen (secondary N) is 1. The third-order valence-corrected chi connectivity index (χ3v) is 4.27. The third-order valence-electron chi connectivity index (χ3n) is 4.27. The van der Waals surface area contributed by atoms with E-state index in [-0.39, 0.29) is 23.3 Å². The van der Waals surface area contributed by atoms with Crippen LogP contribution in [-0.4, -0.2) is 51.4 Å². The molecule has 0 aliphatic carbocycles. The van der Waals surface area contributed by atoms with Gasteiger partial charge in [-0.1, -0.05) is 20.8 Å². The summed E-state index contributed by atoms with van der Waals surface area (Å²) in [7, 11) is 1.84. The van der Waals surface area contributed by atoms with Gasteiger partial charge in [-0.15, -0.1) is 0 Å². The van der Waals surface area contributed by atoms with Crippen molar-refractivity contribution < 1.29 is 9.90 Å². The molecule has 2 unspecified atom stereocenters. The van der Waals surface area contributed by atoms with Gasteiger partial charge in [0.05, 0.1) is 18.3 Å². The van der Waals surface area contributed by atoms with Gasteiger partial charge in [0.1, 0.15) is 5.82 Å². The number of nitrogens with zero attached hydrogens (tertiary/aromatic N) is 3. The molecule has 1 amide bonds.